The zero-order chi connectivity index (χ0) is 18.3. The summed E-state index contributed by atoms with van der Waals surface area (Å²) in [5, 5.41) is 10.5. The number of fused-ring (bicyclic) bond motifs is 1. The average molecular weight is 359 g/mol. The zero-order valence-electron chi connectivity index (χ0n) is 14.6. The van der Waals surface area contributed by atoms with Gasteiger partial charge in [0.25, 0.3) is 5.91 Å². The Morgan fingerprint density at radius 3 is 2.58 bits per heavy atom. The second kappa shape index (κ2) is 6.72. The molecule has 1 aliphatic heterocycles. The Bertz CT molecular complexity index is 792. The van der Waals surface area contributed by atoms with E-state index in [9.17, 15) is 14.3 Å². The van der Waals surface area contributed by atoms with Crippen LogP contribution in [0, 0.1) is 17.7 Å². The standard InChI is InChI=1S/C19H22FN3O3/c1-22-10-16(21-11-22)19(25)23-8-12-6-17(24)18(7-13(12)9-23)26-15-4-2-14(20)3-5-15/h2-5,10-13,17-18,24H,6-9H2,1H3/t12-,13+,17+,18+/m0/s1. The van der Waals surface area contributed by atoms with Gasteiger partial charge in [-0.3, -0.25) is 4.79 Å². The molecule has 0 bridgehead atoms. The van der Waals surface area contributed by atoms with E-state index in [1.807, 2.05) is 11.9 Å². The number of nitrogens with zero attached hydrogens (tertiary/aromatic N) is 3. The van der Waals surface area contributed by atoms with E-state index in [1.54, 1.807) is 29.2 Å². The minimum atomic E-state index is -0.591. The van der Waals surface area contributed by atoms with E-state index >= 15 is 0 Å². The molecule has 2 heterocycles. The fourth-order valence-corrected chi connectivity index (χ4v) is 4.06. The third-order valence-electron chi connectivity index (χ3n) is 5.40. The Hall–Kier alpha value is -2.41. The monoisotopic (exact) mass is 359 g/mol. The van der Waals surface area contributed by atoms with Crippen LogP contribution in [0.25, 0.3) is 0 Å². The van der Waals surface area contributed by atoms with E-state index in [4.69, 9.17) is 4.74 Å². The van der Waals surface area contributed by atoms with Gasteiger partial charge in [-0.1, -0.05) is 0 Å². The van der Waals surface area contributed by atoms with E-state index in [-0.39, 0.29) is 29.7 Å². The van der Waals surface area contributed by atoms with Crippen LogP contribution >= 0.6 is 0 Å². The van der Waals surface area contributed by atoms with E-state index in [2.05, 4.69) is 4.98 Å². The van der Waals surface area contributed by atoms with Gasteiger partial charge in [-0.25, -0.2) is 9.37 Å². The van der Waals surface area contributed by atoms with Crippen LogP contribution in [0.2, 0.25) is 0 Å². The maximum absolute atomic E-state index is 13.0. The first-order chi connectivity index (χ1) is 12.5. The van der Waals surface area contributed by atoms with E-state index in [0.29, 0.717) is 37.4 Å². The molecule has 26 heavy (non-hydrogen) atoms. The number of aromatic nitrogens is 2. The Morgan fingerprint density at radius 2 is 1.92 bits per heavy atom. The van der Waals surface area contributed by atoms with Crippen LogP contribution in [0.3, 0.4) is 0 Å². The minimum Gasteiger partial charge on any atom is -0.488 e. The number of carbonyl (C=O) groups is 1. The van der Waals surface area contributed by atoms with Crippen molar-refractivity contribution >= 4 is 5.91 Å². The normalized spacial score (nSPS) is 28.0. The van der Waals surface area contributed by atoms with Crippen LogP contribution in [0.4, 0.5) is 4.39 Å². The second-order valence-corrected chi connectivity index (χ2v) is 7.30. The Kier molecular flexibility index (Phi) is 4.40. The molecule has 6 nitrogen and oxygen atoms in total. The van der Waals surface area contributed by atoms with Crippen LogP contribution in [0.5, 0.6) is 5.75 Å². The predicted octanol–water partition coefficient (Wildman–Crippen LogP) is 1.85. The number of rotatable bonds is 3. The molecular formula is C19H22FN3O3. The highest BCUT2D eigenvalue weighted by Gasteiger charge is 2.44. The third-order valence-corrected chi connectivity index (χ3v) is 5.40. The molecule has 7 heteroatoms. The molecule has 2 aromatic rings. The molecule has 1 aromatic carbocycles. The number of hydrogen-bond acceptors (Lipinski definition) is 4. The zero-order valence-corrected chi connectivity index (χ0v) is 14.6. The molecule has 0 spiro atoms. The summed E-state index contributed by atoms with van der Waals surface area (Å²) in [5.74, 6) is 0.724. The first-order valence-corrected chi connectivity index (χ1v) is 8.87. The molecule has 0 radical (unpaired) electrons. The Labute approximate surface area is 151 Å². The fourth-order valence-electron chi connectivity index (χ4n) is 4.06. The van der Waals surface area contributed by atoms with Crippen molar-refractivity contribution in [1.82, 2.24) is 14.5 Å². The molecule has 1 N–H and O–H groups in total. The molecule has 0 unspecified atom stereocenters. The largest absolute Gasteiger partial charge is 0.488 e. The van der Waals surface area contributed by atoms with Crippen LogP contribution in [-0.2, 0) is 7.05 Å². The van der Waals surface area contributed by atoms with Gasteiger partial charge in [0.15, 0.2) is 0 Å². The number of aliphatic hydroxyl groups is 1. The topological polar surface area (TPSA) is 67.6 Å². The molecule has 1 saturated heterocycles. The Balaban J connectivity index is 1.41. The van der Waals surface area contributed by atoms with Crippen molar-refractivity contribution in [3.8, 4) is 5.75 Å². The lowest BCUT2D eigenvalue weighted by molar-refractivity contribution is -0.0231. The summed E-state index contributed by atoms with van der Waals surface area (Å²) >= 11 is 0. The summed E-state index contributed by atoms with van der Waals surface area (Å²) in [4.78, 5) is 18.6. The number of aryl methyl sites for hydroxylation is 1. The lowest BCUT2D eigenvalue weighted by atomic mass is 9.78. The van der Waals surface area contributed by atoms with Gasteiger partial charge in [0.2, 0.25) is 0 Å². The number of amides is 1. The fraction of sp³-hybridized carbons (Fsp3) is 0.474. The van der Waals surface area contributed by atoms with Crippen molar-refractivity contribution in [3.63, 3.8) is 0 Å². The third kappa shape index (κ3) is 3.31. The molecule has 2 fully saturated rings. The number of carbonyl (C=O) groups excluding carboxylic acids is 1. The quantitative estimate of drug-likeness (QED) is 0.908. The summed E-state index contributed by atoms with van der Waals surface area (Å²) in [6.45, 7) is 1.29. The van der Waals surface area contributed by atoms with E-state index < -0.39 is 6.10 Å². The summed E-state index contributed by atoms with van der Waals surface area (Å²) in [6, 6.07) is 5.83. The number of imidazole rings is 1. The lowest BCUT2D eigenvalue weighted by Crippen LogP contribution is -2.42. The van der Waals surface area contributed by atoms with Gasteiger partial charge in [-0.15, -0.1) is 0 Å². The molecule has 4 atom stereocenters. The van der Waals surface area contributed by atoms with Crippen molar-refractivity contribution in [2.45, 2.75) is 25.0 Å². The second-order valence-electron chi connectivity index (χ2n) is 7.30. The van der Waals surface area contributed by atoms with Gasteiger partial charge in [0.1, 0.15) is 23.4 Å². The number of halogens is 1. The number of hydrogen-bond donors (Lipinski definition) is 1. The molecule has 1 aliphatic carbocycles. The number of aliphatic hydroxyl groups excluding tert-OH is 1. The van der Waals surface area contributed by atoms with Crippen molar-refractivity contribution in [1.29, 1.82) is 0 Å². The van der Waals surface area contributed by atoms with Crippen LogP contribution in [0.15, 0.2) is 36.8 Å². The Morgan fingerprint density at radius 1 is 1.23 bits per heavy atom. The van der Waals surface area contributed by atoms with Crippen LogP contribution in [0.1, 0.15) is 23.3 Å². The summed E-state index contributed by atoms with van der Waals surface area (Å²) < 4.78 is 20.7. The predicted molar refractivity (Wildman–Crippen MR) is 92.1 cm³/mol. The highest BCUT2D eigenvalue weighted by molar-refractivity contribution is 5.92. The SMILES string of the molecule is Cn1cnc(C(=O)N2C[C@H]3C[C@@H](Oc4ccc(F)cc4)[C@H](O)C[C@H]3C2)c1. The summed E-state index contributed by atoms with van der Waals surface area (Å²) in [5.41, 5.74) is 0.450. The maximum atomic E-state index is 13.0. The minimum absolute atomic E-state index is 0.0644. The van der Waals surface area contributed by atoms with Crippen LogP contribution < -0.4 is 4.74 Å². The molecule has 1 aromatic heterocycles. The first kappa shape index (κ1) is 17.0. The van der Waals surface area contributed by atoms with E-state index in [0.717, 1.165) is 0 Å². The van der Waals surface area contributed by atoms with Gasteiger partial charge < -0.3 is 19.3 Å². The summed E-state index contributed by atoms with van der Waals surface area (Å²) in [7, 11) is 1.83. The van der Waals surface area contributed by atoms with Crippen molar-refractivity contribution < 1.29 is 19.0 Å². The number of benzene rings is 1. The van der Waals surface area contributed by atoms with Crippen LogP contribution in [-0.4, -0.2) is 50.8 Å². The molecule has 1 saturated carbocycles. The molecule has 4 rings (SSSR count). The van der Waals surface area contributed by atoms with Gasteiger partial charge in [-0.05, 0) is 48.9 Å². The number of likely N-dealkylation sites (tertiary alicyclic amines) is 1. The van der Waals surface area contributed by atoms with Crippen molar-refractivity contribution in [2.24, 2.45) is 18.9 Å². The summed E-state index contributed by atoms with van der Waals surface area (Å²) in [6.07, 6.45) is 3.68. The highest BCUT2D eigenvalue weighted by atomic mass is 19.1. The van der Waals surface area contributed by atoms with Gasteiger partial charge in [0.05, 0.1) is 12.4 Å². The highest BCUT2D eigenvalue weighted by Crippen LogP contribution is 2.38. The molecule has 138 valence electrons. The van der Waals surface area contributed by atoms with E-state index in [1.165, 1.54) is 12.1 Å². The van der Waals surface area contributed by atoms with Gasteiger partial charge >= 0.3 is 0 Å². The van der Waals surface area contributed by atoms with Gasteiger partial charge in [-0.2, -0.15) is 0 Å². The first-order valence-electron chi connectivity index (χ1n) is 8.87. The number of ether oxygens (including phenoxy) is 1. The lowest BCUT2D eigenvalue weighted by Gasteiger charge is -2.35. The van der Waals surface area contributed by atoms with Crippen molar-refractivity contribution in [2.75, 3.05) is 13.1 Å². The average Bonchev–Trinajstić information content (AvgIpc) is 3.22. The maximum Gasteiger partial charge on any atom is 0.274 e. The molecule has 1 amide bonds. The molecule has 2 aliphatic rings. The van der Waals surface area contributed by atoms with Gasteiger partial charge in [0, 0.05) is 26.3 Å². The smallest absolute Gasteiger partial charge is 0.274 e. The van der Waals surface area contributed by atoms with Crippen molar-refractivity contribution in [3.05, 3.63) is 48.3 Å². The molecular weight excluding hydrogens is 337 g/mol.